The normalized spacial score (nSPS) is 10.2. The average molecular weight is 258 g/mol. The number of aromatic nitrogens is 1. The molecule has 0 fully saturated rings. The number of rotatable bonds is 4. The standard InChI is InChI=1S/C11H9F3N2O2/c1-2-18-9(17)4-6-3-7(10(12)13)11(14)16-8(6)5-15/h3,10H,2,4H2,1H3. The number of alkyl halides is 2. The molecular formula is C11H9F3N2O2. The summed E-state index contributed by atoms with van der Waals surface area (Å²) in [6.07, 6.45) is -3.46. The van der Waals surface area contributed by atoms with Crippen molar-refractivity contribution in [3.8, 4) is 6.07 Å². The number of ether oxygens (including phenoxy) is 1. The summed E-state index contributed by atoms with van der Waals surface area (Å²) in [6.45, 7) is 1.70. The SMILES string of the molecule is CCOC(=O)Cc1cc(C(F)F)c(F)nc1C#N. The molecule has 18 heavy (non-hydrogen) atoms. The molecule has 0 N–H and O–H groups in total. The molecule has 0 atom stereocenters. The number of pyridine rings is 1. The van der Waals surface area contributed by atoms with Crippen LogP contribution in [0.25, 0.3) is 0 Å². The van der Waals surface area contributed by atoms with Crippen molar-refractivity contribution in [1.29, 1.82) is 5.26 Å². The second kappa shape index (κ2) is 6.00. The Morgan fingerprint density at radius 3 is 2.78 bits per heavy atom. The van der Waals surface area contributed by atoms with Gasteiger partial charge in [-0.15, -0.1) is 0 Å². The van der Waals surface area contributed by atoms with Crippen LogP contribution in [0.4, 0.5) is 13.2 Å². The lowest BCUT2D eigenvalue weighted by Crippen LogP contribution is -2.11. The maximum absolute atomic E-state index is 13.1. The van der Waals surface area contributed by atoms with E-state index in [-0.39, 0.29) is 12.2 Å². The highest BCUT2D eigenvalue weighted by Crippen LogP contribution is 2.23. The Morgan fingerprint density at radius 1 is 1.61 bits per heavy atom. The minimum atomic E-state index is -3.06. The summed E-state index contributed by atoms with van der Waals surface area (Å²) in [4.78, 5) is 14.3. The molecular weight excluding hydrogens is 249 g/mol. The van der Waals surface area contributed by atoms with E-state index in [1.165, 1.54) is 0 Å². The minimum absolute atomic E-state index is 0.0762. The van der Waals surface area contributed by atoms with Crippen LogP contribution in [-0.4, -0.2) is 17.6 Å². The van der Waals surface area contributed by atoms with Crippen LogP contribution < -0.4 is 0 Å². The molecule has 1 aromatic heterocycles. The molecule has 1 aromatic rings. The second-order valence-corrected chi connectivity index (χ2v) is 3.27. The quantitative estimate of drug-likeness (QED) is 0.613. The zero-order chi connectivity index (χ0) is 13.7. The van der Waals surface area contributed by atoms with Gasteiger partial charge in [0.1, 0.15) is 11.8 Å². The number of carbonyl (C=O) groups excluding carboxylic acids is 1. The topological polar surface area (TPSA) is 63.0 Å². The third-order valence-corrected chi connectivity index (χ3v) is 2.06. The molecule has 0 saturated carbocycles. The molecule has 0 aliphatic carbocycles. The third-order valence-electron chi connectivity index (χ3n) is 2.06. The fourth-order valence-electron chi connectivity index (χ4n) is 1.30. The first-order valence-electron chi connectivity index (χ1n) is 5.02. The fourth-order valence-corrected chi connectivity index (χ4v) is 1.30. The van der Waals surface area contributed by atoms with Gasteiger partial charge >= 0.3 is 5.97 Å². The summed E-state index contributed by atoms with van der Waals surface area (Å²) in [5.41, 5.74) is -1.41. The molecule has 0 amide bonds. The van der Waals surface area contributed by atoms with E-state index in [1.54, 1.807) is 13.0 Å². The molecule has 0 unspecified atom stereocenters. The van der Waals surface area contributed by atoms with Gasteiger partial charge in [0, 0.05) is 5.56 Å². The molecule has 0 spiro atoms. The molecule has 0 aromatic carbocycles. The fraction of sp³-hybridized carbons (Fsp3) is 0.364. The lowest BCUT2D eigenvalue weighted by molar-refractivity contribution is -0.142. The van der Waals surface area contributed by atoms with Crippen LogP contribution in [-0.2, 0) is 16.0 Å². The number of hydrogen-bond donors (Lipinski definition) is 0. The van der Waals surface area contributed by atoms with E-state index in [1.807, 2.05) is 0 Å². The van der Waals surface area contributed by atoms with Gasteiger partial charge in [-0.2, -0.15) is 9.65 Å². The predicted molar refractivity (Wildman–Crippen MR) is 54.2 cm³/mol. The van der Waals surface area contributed by atoms with Gasteiger partial charge in [0.15, 0.2) is 0 Å². The lowest BCUT2D eigenvalue weighted by Gasteiger charge is -2.07. The van der Waals surface area contributed by atoms with Crippen molar-refractivity contribution >= 4 is 5.97 Å². The summed E-state index contributed by atoms with van der Waals surface area (Å²) in [6, 6.07) is 2.31. The molecule has 4 nitrogen and oxygen atoms in total. The number of nitriles is 1. The van der Waals surface area contributed by atoms with Crippen LogP contribution in [0, 0.1) is 17.3 Å². The highest BCUT2D eigenvalue weighted by atomic mass is 19.3. The Kier molecular flexibility index (Phi) is 4.66. The molecule has 0 aliphatic heterocycles. The van der Waals surface area contributed by atoms with Crippen molar-refractivity contribution in [2.24, 2.45) is 0 Å². The Balaban J connectivity index is 3.13. The third kappa shape index (κ3) is 3.20. The van der Waals surface area contributed by atoms with Gasteiger partial charge in [-0.05, 0) is 13.0 Å². The Morgan fingerprint density at radius 2 is 2.28 bits per heavy atom. The van der Waals surface area contributed by atoms with Crippen molar-refractivity contribution in [2.75, 3.05) is 6.61 Å². The zero-order valence-corrected chi connectivity index (χ0v) is 9.41. The van der Waals surface area contributed by atoms with E-state index >= 15 is 0 Å². The van der Waals surface area contributed by atoms with Gasteiger partial charge in [0.2, 0.25) is 5.95 Å². The Labute approximate surface area is 101 Å². The molecule has 96 valence electrons. The minimum Gasteiger partial charge on any atom is -0.466 e. The van der Waals surface area contributed by atoms with Crippen LogP contribution in [0.5, 0.6) is 0 Å². The predicted octanol–water partition coefficient (Wildman–Crippen LogP) is 2.14. The van der Waals surface area contributed by atoms with Crippen LogP contribution in [0.15, 0.2) is 6.07 Å². The first-order valence-corrected chi connectivity index (χ1v) is 5.02. The summed E-state index contributed by atoms with van der Waals surface area (Å²) >= 11 is 0. The van der Waals surface area contributed by atoms with Crippen molar-refractivity contribution < 1.29 is 22.7 Å². The summed E-state index contributed by atoms with van der Waals surface area (Å²) in [5.74, 6) is -2.10. The summed E-state index contributed by atoms with van der Waals surface area (Å²) < 4.78 is 42.6. The number of hydrogen-bond acceptors (Lipinski definition) is 4. The maximum Gasteiger partial charge on any atom is 0.310 e. The van der Waals surface area contributed by atoms with Gasteiger partial charge in [-0.1, -0.05) is 0 Å². The largest absolute Gasteiger partial charge is 0.466 e. The van der Waals surface area contributed by atoms with Gasteiger partial charge in [-0.3, -0.25) is 4.79 Å². The maximum atomic E-state index is 13.1. The Hall–Kier alpha value is -2.10. The van der Waals surface area contributed by atoms with Crippen LogP contribution in [0.2, 0.25) is 0 Å². The number of halogens is 3. The molecule has 1 heterocycles. The van der Waals surface area contributed by atoms with E-state index in [9.17, 15) is 18.0 Å². The second-order valence-electron chi connectivity index (χ2n) is 3.27. The molecule has 0 saturated heterocycles. The zero-order valence-electron chi connectivity index (χ0n) is 9.41. The molecule has 7 heteroatoms. The molecule has 0 aliphatic rings. The average Bonchev–Trinajstić information content (AvgIpc) is 2.30. The van der Waals surface area contributed by atoms with E-state index in [0.29, 0.717) is 0 Å². The first-order chi connectivity index (χ1) is 8.49. The van der Waals surface area contributed by atoms with Crippen molar-refractivity contribution in [3.05, 3.63) is 28.8 Å². The van der Waals surface area contributed by atoms with E-state index in [0.717, 1.165) is 6.07 Å². The monoisotopic (exact) mass is 258 g/mol. The highest BCUT2D eigenvalue weighted by molar-refractivity contribution is 5.73. The van der Waals surface area contributed by atoms with E-state index in [2.05, 4.69) is 9.72 Å². The van der Waals surface area contributed by atoms with Gasteiger partial charge in [0.25, 0.3) is 6.43 Å². The number of nitrogens with zero attached hydrogens (tertiary/aromatic N) is 2. The van der Waals surface area contributed by atoms with Crippen LogP contribution in [0.3, 0.4) is 0 Å². The summed E-state index contributed by atoms with van der Waals surface area (Å²) in [7, 11) is 0. The van der Waals surface area contributed by atoms with Crippen LogP contribution >= 0.6 is 0 Å². The number of esters is 1. The van der Waals surface area contributed by atoms with Crippen molar-refractivity contribution in [1.82, 2.24) is 4.98 Å². The van der Waals surface area contributed by atoms with E-state index in [4.69, 9.17) is 5.26 Å². The van der Waals surface area contributed by atoms with Crippen molar-refractivity contribution in [3.63, 3.8) is 0 Å². The van der Waals surface area contributed by atoms with Gasteiger partial charge in [-0.25, -0.2) is 13.8 Å². The number of carbonyl (C=O) groups is 1. The summed E-state index contributed by atoms with van der Waals surface area (Å²) in [5, 5.41) is 8.70. The first kappa shape index (κ1) is 14.0. The van der Waals surface area contributed by atoms with Crippen LogP contribution in [0.1, 0.15) is 30.2 Å². The molecule has 0 radical (unpaired) electrons. The lowest BCUT2D eigenvalue weighted by atomic mass is 10.1. The van der Waals surface area contributed by atoms with Gasteiger partial charge < -0.3 is 4.74 Å². The molecule has 0 bridgehead atoms. The smallest absolute Gasteiger partial charge is 0.310 e. The van der Waals surface area contributed by atoms with Crippen molar-refractivity contribution in [2.45, 2.75) is 19.8 Å². The highest BCUT2D eigenvalue weighted by Gasteiger charge is 2.20. The molecule has 1 rings (SSSR count). The van der Waals surface area contributed by atoms with E-state index < -0.39 is 36.0 Å². The Bertz CT molecular complexity index is 498. The van der Waals surface area contributed by atoms with Gasteiger partial charge in [0.05, 0.1) is 18.6 Å².